The van der Waals surface area contributed by atoms with Crippen LogP contribution in [0.15, 0.2) is 0 Å². The zero-order chi connectivity index (χ0) is 13.6. The van der Waals surface area contributed by atoms with Gasteiger partial charge in [0.15, 0.2) is 0 Å². The molecule has 0 aliphatic heterocycles. The average Bonchev–Trinajstić information content (AvgIpc) is 2.59. The zero-order valence-electron chi connectivity index (χ0n) is 12.1. The molecule has 0 heterocycles. The Morgan fingerprint density at radius 3 is 2.39 bits per heavy atom. The van der Waals surface area contributed by atoms with Crippen LogP contribution in [-0.2, 0) is 9.59 Å². The first-order valence-electron chi connectivity index (χ1n) is 7.13. The second-order valence-electron chi connectivity index (χ2n) is 6.75. The van der Waals surface area contributed by atoms with Crippen molar-refractivity contribution < 1.29 is 9.59 Å². The fraction of sp³-hybridized carbons (Fsp3) is 0.867. The number of unbranched alkanes of at least 4 members (excludes halogenated alkanes) is 1. The maximum Gasteiger partial charge on any atom is 0.227 e. The number of carbonyl (C=O) groups excluding carboxylic acids is 2. The molecule has 2 bridgehead atoms. The fourth-order valence-electron chi connectivity index (χ4n) is 3.91. The van der Waals surface area contributed by atoms with Gasteiger partial charge in [-0.05, 0) is 24.7 Å². The lowest BCUT2D eigenvalue weighted by molar-refractivity contribution is -0.136. The van der Waals surface area contributed by atoms with E-state index in [9.17, 15) is 9.59 Å². The summed E-state index contributed by atoms with van der Waals surface area (Å²) >= 11 is 0. The summed E-state index contributed by atoms with van der Waals surface area (Å²) in [7, 11) is 0. The molecule has 3 heteroatoms. The van der Waals surface area contributed by atoms with Gasteiger partial charge in [0.1, 0.15) is 5.78 Å². The van der Waals surface area contributed by atoms with E-state index in [1.54, 1.807) is 0 Å². The molecule has 1 N–H and O–H groups in total. The molecule has 0 aromatic heterocycles. The Hall–Kier alpha value is -0.860. The first kappa shape index (κ1) is 13.6. The van der Waals surface area contributed by atoms with Crippen molar-refractivity contribution in [2.24, 2.45) is 16.2 Å². The molecule has 2 aliphatic carbocycles. The number of nitrogens with one attached hydrogen (secondary N) is 1. The summed E-state index contributed by atoms with van der Waals surface area (Å²) in [4.78, 5) is 24.8. The normalized spacial score (nSPS) is 37.0. The van der Waals surface area contributed by atoms with E-state index in [1.165, 1.54) is 0 Å². The van der Waals surface area contributed by atoms with Crippen LogP contribution < -0.4 is 5.32 Å². The van der Waals surface area contributed by atoms with E-state index in [2.05, 4.69) is 26.1 Å². The number of rotatable bonds is 4. The molecule has 0 unspecified atom stereocenters. The number of fused-ring (bicyclic) bond motifs is 2. The molecule has 2 atom stereocenters. The monoisotopic (exact) mass is 251 g/mol. The van der Waals surface area contributed by atoms with Crippen molar-refractivity contribution in [2.45, 2.75) is 59.8 Å². The highest BCUT2D eigenvalue weighted by atomic mass is 16.2. The summed E-state index contributed by atoms with van der Waals surface area (Å²) in [6.07, 6.45) is 4.25. The van der Waals surface area contributed by atoms with E-state index < -0.39 is 5.41 Å². The van der Waals surface area contributed by atoms with E-state index in [0.717, 1.165) is 32.2 Å². The molecule has 3 nitrogen and oxygen atoms in total. The molecular weight excluding hydrogens is 226 g/mol. The Morgan fingerprint density at radius 2 is 1.94 bits per heavy atom. The second kappa shape index (κ2) is 4.07. The van der Waals surface area contributed by atoms with Crippen molar-refractivity contribution in [3.63, 3.8) is 0 Å². The summed E-state index contributed by atoms with van der Waals surface area (Å²) in [5, 5.41) is 3.05. The number of carbonyl (C=O) groups is 2. The summed E-state index contributed by atoms with van der Waals surface area (Å²) in [6.45, 7) is 9.09. The number of amides is 1. The van der Waals surface area contributed by atoms with Crippen LogP contribution in [0, 0.1) is 16.2 Å². The lowest BCUT2D eigenvalue weighted by atomic mass is 9.64. The van der Waals surface area contributed by atoms with Crippen LogP contribution in [0.5, 0.6) is 0 Å². The van der Waals surface area contributed by atoms with Gasteiger partial charge in [-0.25, -0.2) is 0 Å². The molecule has 18 heavy (non-hydrogen) atoms. The third kappa shape index (κ3) is 1.42. The van der Waals surface area contributed by atoms with Gasteiger partial charge in [0.05, 0.1) is 5.41 Å². The Labute approximate surface area is 110 Å². The standard InChI is InChI=1S/C15H25NO2/c1-5-6-9-16-12(18)15-8-7-14(4,11(17)10-15)13(15,2)3/h5-10H2,1-4H3,(H,16,18)/t14-,15+/m0/s1. The van der Waals surface area contributed by atoms with Gasteiger partial charge >= 0.3 is 0 Å². The van der Waals surface area contributed by atoms with E-state index in [1.807, 2.05) is 6.92 Å². The lowest BCUT2D eigenvalue weighted by Crippen LogP contribution is -2.46. The summed E-state index contributed by atoms with van der Waals surface area (Å²) in [5.74, 6) is 0.389. The highest BCUT2D eigenvalue weighted by Crippen LogP contribution is 2.70. The minimum atomic E-state index is -0.452. The second-order valence-corrected chi connectivity index (χ2v) is 6.75. The zero-order valence-corrected chi connectivity index (χ0v) is 12.1. The molecule has 0 saturated heterocycles. The van der Waals surface area contributed by atoms with Gasteiger partial charge in [0.25, 0.3) is 0 Å². The molecule has 2 saturated carbocycles. The van der Waals surface area contributed by atoms with E-state index in [4.69, 9.17) is 0 Å². The van der Waals surface area contributed by atoms with Crippen LogP contribution in [0.4, 0.5) is 0 Å². The molecule has 2 rings (SSSR count). The van der Waals surface area contributed by atoms with Gasteiger partial charge in [-0.15, -0.1) is 0 Å². The first-order valence-corrected chi connectivity index (χ1v) is 7.13. The Morgan fingerprint density at radius 1 is 1.28 bits per heavy atom. The molecule has 0 spiro atoms. The number of hydrogen-bond donors (Lipinski definition) is 1. The van der Waals surface area contributed by atoms with Crippen LogP contribution in [0.1, 0.15) is 59.8 Å². The largest absolute Gasteiger partial charge is 0.356 e. The van der Waals surface area contributed by atoms with Crippen molar-refractivity contribution in [3.05, 3.63) is 0 Å². The third-order valence-corrected chi connectivity index (χ3v) is 5.96. The third-order valence-electron chi connectivity index (χ3n) is 5.96. The maximum atomic E-state index is 12.5. The summed E-state index contributed by atoms with van der Waals surface area (Å²) < 4.78 is 0. The van der Waals surface area contributed by atoms with E-state index >= 15 is 0 Å². The maximum absolute atomic E-state index is 12.5. The van der Waals surface area contributed by atoms with Crippen LogP contribution in [0.2, 0.25) is 0 Å². The Balaban J connectivity index is 2.22. The van der Waals surface area contributed by atoms with Gasteiger partial charge in [0, 0.05) is 18.4 Å². The Kier molecular flexibility index (Phi) is 3.07. The van der Waals surface area contributed by atoms with Gasteiger partial charge < -0.3 is 5.32 Å². The minimum absolute atomic E-state index is 0.107. The number of hydrogen-bond acceptors (Lipinski definition) is 2. The van der Waals surface area contributed by atoms with Crippen LogP contribution in [0.25, 0.3) is 0 Å². The van der Waals surface area contributed by atoms with Crippen LogP contribution in [-0.4, -0.2) is 18.2 Å². The van der Waals surface area contributed by atoms with E-state index in [0.29, 0.717) is 6.42 Å². The molecule has 102 valence electrons. The number of ketones is 1. The van der Waals surface area contributed by atoms with Crippen LogP contribution in [0.3, 0.4) is 0 Å². The topological polar surface area (TPSA) is 46.2 Å². The van der Waals surface area contributed by atoms with Crippen LogP contribution >= 0.6 is 0 Å². The molecule has 0 aromatic carbocycles. The van der Waals surface area contributed by atoms with Gasteiger partial charge in [0.2, 0.25) is 5.91 Å². The summed E-state index contributed by atoms with van der Waals surface area (Å²) in [5.41, 5.74) is -0.963. The molecule has 0 radical (unpaired) electrons. The summed E-state index contributed by atoms with van der Waals surface area (Å²) in [6, 6.07) is 0. The SMILES string of the molecule is CCCCNC(=O)[C@@]12CC[C@@](C)(C(=O)C1)C2(C)C. The van der Waals surface area contributed by atoms with Gasteiger partial charge in [-0.2, -0.15) is 0 Å². The average molecular weight is 251 g/mol. The minimum Gasteiger partial charge on any atom is -0.356 e. The van der Waals surface area contributed by atoms with Crippen molar-refractivity contribution in [3.8, 4) is 0 Å². The highest BCUT2D eigenvalue weighted by molar-refractivity contribution is 5.99. The van der Waals surface area contributed by atoms with Crippen molar-refractivity contribution in [2.75, 3.05) is 6.54 Å². The van der Waals surface area contributed by atoms with Crippen molar-refractivity contribution in [1.82, 2.24) is 5.32 Å². The first-order chi connectivity index (χ1) is 8.32. The lowest BCUT2D eigenvalue weighted by Gasteiger charge is -2.38. The number of Topliss-reactive ketones (excluding diaryl/α,β-unsaturated/α-hetero) is 1. The van der Waals surface area contributed by atoms with Gasteiger partial charge in [-0.1, -0.05) is 34.1 Å². The Bertz CT molecular complexity index is 388. The van der Waals surface area contributed by atoms with Gasteiger partial charge in [-0.3, -0.25) is 9.59 Å². The molecule has 2 aliphatic rings. The van der Waals surface area contributed by atoms with Crippen molar-refractivity contribution in [1.29, 1.82) is 0 Å². The molecule has 1 amide bonds. The fourth-order valence-corrected chi connectivity index (χ4v) is 3.91. The predicted molar refractivity (Wildman–Crippen MR) is 71.1 cm³/mol. The molecule has 0 aromatic rings. The smallest absolute Gasteiger partial charge is 0.227 e. The van der Waals surface area contributed by atoms with E-state index in [-0.39, 0.29) is 22.5 Å². The highest BCUT2D eigenvalue weighted by Gasteiger charge is 2.72. The quantitative estimate of drug-likeness (QED) is 0.781. The molecular formula is C15H25NO2. The predicted octanol–water partition coefficient (Wildman–Crippen LogP) is 2.69. The van der Waals surface area contributed by atoms with Crippen molar-refractivity contribution >= 4 is 11.7 Å². The molecule has 2 fully saturated rings.